The van der Waals surface area contributed by atoms with Crippen LogP contribution in [-0.2, 0) is 11.8 Å². The third-order valence-electron chi connectivity index (χ3n) is 3.81. The molecule has 128 valence electrons. The van der Waals surface area contributed by atoms with E-state index in [0.717, 1.165) is 5.56 Å². The van der Waals surface area contributed by atoms with Gasteiger partial charge in [-0.3, -0.25) is 0 Å². The van der Waals surface area contributed by atoms with Crippen LogP contribution in [0.3, 0.4) is 0 Å². The number of carbonyl (C=O) groups is 1. The lowest BCUT2D eigenvalue weighted by molar-refractivity contribution is -0.0196. The molecule has 0 aliphatic carbocycles. The number of carbonyl (C=O) groups excluding carboxylic acids is 1. The molecule has 1 saturated heterocycles. The Hall–Kier alpha value is -2.68. The molecule has 2 aromatic heterocycles. The lowest BCUT2D eigenvalue weighted by Crippen LogP contribution is -2.44. The molecule has 24 heavy (non-hydrogen) atoms. The van der Waals surface area contributed by atoms with Crippen molar-refractivity contribution in [3.05, 3.63) is 30.0 Å². The molecule has 3 heterocycles. The predicted octanol–water partition coefficient (Wildman–Crippen LogP) is 1.13. The number of methoxy groups -OCH3 is 1. The summed E-state index contributed by atoms with van der Waals surface area (Å²) in [5, 5.41) is 10.8. The fraction of sp³-hybridized carbons (Fsp3) is 0.467. The van der Waals surface area contributed by atoms with Gasteiger partial charge in [-0.2, -0.15) is 0 Å². The number of hydrogen-bond acceptors (Lipinski definition) is 6. The molecule has 9 heteroatoms. The molecule has 1 atom stereocenters. The zero-order chi connectivity index (χ0) is 17.1. The SMILES string of the molecule is COc1ncc(C)cc1NC(=O)N1CCO[C@@H](c2nncn2C)C1. The fourth-order valence-corrected chi connectivity index (χ4v) is 2.58. The van der Waals surface area contributed by atoms with Crippen LogP contribution in [0.15, 0.2) is 18.6 Å². The average molecular weight is 332 g/mol. The Bertz CT molecular complexity index is 732. The van der Waals surface area contributed by atoms with E-state index < -0.39 is 0 Å². The van der Waals surface area contributed by atoms with E-state index in [1.54, 1.807) is 22.0 Å². The molecule has 9 nitrogen and oxygen atoms in total. The molecule has 1 N–H and O–H groups in total. The van der Waals surface area contributed by atoms with Crippen molar-refractivity contribution in [1.29, 1.82) is 0 Å². The zero-order valence-electron chi connectivity index (χ0n) is 13.9. The van der Waals surface area contributed by atoms with Crippen LogP contribution >= 0.6 is 0 Å². The maximum atomic E-state index is 12.6. The number of aryl methyl sites for hydroxylation is 2. The van der Waals surface area contributed by atoms with Gasteiger partial charge >= 0.3 is 6.03 Å². The van der Waals surface area contributed by atoms with E-state index in [9.17, 15) is 4.79 Å². The maximum absolute atomic E-state index is 12.6. The summed E-state index contributed by atoms with van der Waals surface area (Å²) in [7, 11) is 3.37. The van der Waals surface area contributed by atoms with Gasteiger partial charge in [0.25, 0.3) is 0 Å². The number of aromatic nitrogens is 4. The smallest absolute Gasteiger partial charge is 0.322 e. The molecule has 2 amide bonds. The largest absolute Gasteiger partial charge is 0.480 e. The van der Waals surface area contributed by atoms with Gasteiger partial charge in [0.05, 0.1) is 20.3 Å². The van der Waals surface area contributed by atoms with E-state index in [4.69, 9.17) is 9.47 Å². The van der Waals surface area contributed by atoms with Crippen LogP contribution in [0.4, 0.5) is 10.5 Å². The highest BCUT2D eigenvalue weighted by molar-refractivity contribution is 5.90. The minimum atomic E-state index is -0.297. The summed E-state index contributed by atoms with van der Waals surface area (Å²) >= 11 is 0. The van der Waals surface area contributed by atoms with Crippen molar-refractivity contribution in [3.63, 3.8) is 0 Å². The third kappa shape index (κ3) is 3.30. The van der Waals surface area contributed by atoms with Gasteiger partial charge in [0.15, 0.2) is 5.82 Å². The molecule has 0 bridgehead atoms. The molecule has 1 aliphatic rings. The van der Waals surface area contributed by atoms with Crippen molar-refractivity contribution in [2.75, 3.05) is 32.1 Å². The van der Waals surface area contributed by atoms with E-state index in [2.05, 4.69) is 20.5 Å². The minimum absolute atomic E-state index is 0.226. The summed E-state index contributed by atoms with van der Waals surface area (Å²) in [6.45, 7) is 3.25. The number of ether oxygens (including phenoxy) is 2. The monoisotopic (exact) mass is 332 g/mol. The highest BCUT2D eigenvalue weighted by Crippen LogP contribution is 2.24. The maximum Gasteiger partial charge on any atom is 0.322 e. The van der Waals surface area contributed by atoms with Crippen molar-refractivity contribution in [1.82, 2.24) is 24.6 Å². The summed E-state index contributed by atoms with van der Waals surface area (Å²) < 4.78 is 12.7. The Morgan fingerprint density at radius 1 is 1.50 bits per heavy atom. The Kier molecular flexibility index (Phi) is 4.61. The topological polar surface area (TPSA) is 94.4 Å². The quantitative estimate of drug-likeness (QED) is 0.905. The molecule has 2 aromatic rings. The van der Waals surface area contributed by atoms with Crippen molar-refractivity contribution >= 4 is 11.7 Å². The molecule has 0 unspecified atom stereocenters. The van der Waals surface area contributed by atoms with Crippen LogP contribution in [-0.4, -0.2) is 57.5 Å². The Morgan fingerprint density at radius 3 is 3.04 bits per heavy atom. The van der Waals surface area contributed by atoms with Gasteiger partial charge in [-0.1, -0.05) is 0 Å². The van der Waals surface area contributed by atoms with Gasteiger partial charge in [0.2, 0.25) is 5.88 Å². The van der Waals surface area contributed by atoms with Crippen molar-refractivity contribution in [2.45, 2.75) is 13.0 Å². The Labute approximate surface area is 139 Å². The van der Waals surface area contributed by atoms with Gasteiger partial charge < -0.3 is 24.3 Å². The van der Waals surface area contributed by atoms with Gasteiger partial charge in [-0.15, -0.1) is 10.2 Å². The van der Waals surface area contributed by atoms with Gasteiger partial charge in [-0.05, 0) is 18.6 Å². The molecule has 3 rings (SSSR count). The lowest BCUT2D eigenvalue weighted by Gasteiger charge is -2.32. The van der Waals surface area contributed by atoms with Gasteiger partial charge in [-0.25, -0.2) is 9.78 Å². The number of urea groups is 1. The van der Waals surface area contributed by atoms with Crippen LogP contribution < -0.4 is 10.1 Å². The van der Waals surface area contributed by atoms with Crippen LogP contribution in [0.5, 0.6) is 5.88 Å². The van der Waals surface area contributed by atoms with Gasteiger partial charge in [0, 0.05) is 19.8 Å². The van der Waals surface area contributed by atoms with E-state index >= 15 is 0 Å². The van der Waals surface area contributed by atoms with Crippen molar-refractivity contribution in [3.8, 4) is 5.88 Å². The first-order chi connectivity index (χ1) is 11.6. The minimum Gasteiger partial charge on any atom is -0.480 e. The molecular weight excluding hydrogens is 312 g/mol. The molecule has 0 saturated carbocycles. The fourth-order valence-electron chi connectivity index (χ4n) is 2.58. The molecule has 1 fully saturated rings. The summed E-state index contributed by atoms with van der Waals surface area (Å²) in [5.74, 6) is 1.08. The van der Waals surface area contributed by atoms with E-state index in [1.165, 1.54) is 7.11 Å². The number of pyridine rings is 1. The Balaban J connectivity index is 1.71. The van der Waals surface area contributed by atoms with Crippen LogP contribution in [0.1, 0.15) is 17.5 Å². The zero-order valence-corrected chi connectivity index (χ0v) is 13.9. The molecular formula is C15H20N6O3. The highest BCUT2D eigenvalue weighted by atomic mass is 16.5. The standard InChI is InChI=1S/C15H20N6O3/c1-10-6-11(14(23-3)16-7-10)18-15(22)21-4-5-24-12(8-21)13-19-17-9-20(13)2/h6-7,9,12H,4-5,8H2,1-3H3,(H,18,22)/t12-/m1/s1. The second-order valence-electron chi connectivity index (χ2n) is 5.61. The second-order valence-corrected chi connectivity index (χ2v) is 5.61. The number of morpholine rings is 1. The van der Waals surface area contributed by atoms with E-state index in [0.29, 0.717) is 37.1 Å². The first kappa shape index (κ1) is 16.2. The lowest BCUT2D eigenvalue weighted by atomic mass is 10.2. The van der Waals surface area contributed by atoms with E-state index in [1.807, 2.05) is 20.0 Å². The van der Waals surface area contributed by atoms with Gasteiger partial charge in [0.1, 0.15) is 18.1 Å². The average Bonchev–Trinajstić information content (AvgIpc) is 3.01. The number of amides is 2. The van der Waals surface area contributed by atoms with Crippen LogP contribution in [0.25, 0.3) is 0 Å². The summed E-state index contributed by atoms with van der Waals surface area (Å²) in [4.78, 5) is 18.4. The number of nitrogens with one attached hydrogen (secondary N) is 1. The first-order valence-corrected chi connectivity index (χ1v) is 7.60. The van der Waals surface area contributed by atoms with Crippen molar-refractivity contribution in [2.24, 2.45) is 7.05 Å². The third-order valence-corrected chi connectivity index (χ3v) is 3.81. The van der Waals surface area contributed by atoms with Crippen LogP contribution in [0.2, 0.25) is 0 Å². The second kappa shape index (κ2) is 6.83. The van der Waals surface area contributed by atoms with Crippen LogP contribution in [0, 0.1) is 6.92 Å². The molecule has 1 aliphatic heterocycles. The number of rotatable bonds is 3. The number of hydrogen-bond donors (Lipinski definition) is 1. The first-order valence-electron chi connectivity index (χ1n) is 7.60. The summed E-state index contributed by atoms with van der Waals surface area (Å²) in [5.41, 5.74) is 1.48. The van der Waals surface area contributed by atoms with Crippen molar-refractivity contribution < 1.29 is 14.3 Å². The molecule has 0 aromatic carbocycles. The number of nitrogens with zero attached hydrogens (tertiary/aromatic N) is 5. The van der Waals surface area contributed by atoms with E-state index in [-0.39, 0.29) is 12.1 Å². The Morgan fingerprint density at radius 2 is 2.33 bits per heavy atom. The molecule has 0 spiro atoms. The summed E-state index contributed by atoms with van der Waals surface area (Å²) in [6, 6.07) is 1.60. The summed E-state index contributed by atoms with van der Waals surface area (Å²) in [6.07, 6.45) is 3.00. The highest BCUT2D eigenvalue weighted by Gasteiger charge is 2.28. The number of anilines is 1. The normalized spacial score (nSPS) is 17.6. The molecule has 0 radical (unpaired) electrons. The predicted molar refractivity (Wildman–Crippen MR) is 85.8 cm³/mol.